The third-order valence-electron chi connectivity index (χ3n) is 4.03. The maximum absolute atomic E-state index is 4.50. The number of benzene rings is 2. The van der Waals surface area contributed by atoms with Gasteiger partial charge in [-0.25, -0.2) is 0 Å². The highest BCUT2D eigenvalue weighted by Crippen LogP contribution is 2.24. The molecule has 0 radical (unpaired) electrons. The van der Waals surface area contributed by atoms with Gasteiger partial charge in [0.25, 0.3) is 0 Å². The number of rotatable bonds is 3. The Hall–Kier alpha value is -3.26. The Morgan fingerprint density at radius 2 is 1.25 bits per heavy atom. The van der Waals surface area contributed by atoms with Crippen molar-refractivity contribution in [2.24, 2.45) is 0 Å². The average molecular weight is 309 g/mol. The number of aromatic nitrogens is 2. The van der Waals surface area contributed by atoms with Crippen LogP contribution in [0.5, 0.6) is 0 Å². The predicted molar refractivity (Wildman–Crippen MR) is 96.6 cm³/mol. The Labute approximate surface area is 141 Å². The van der Waals surface area contributed by atoms with Gasteiger partial charge in [-0.1, -0.05) is 66.7 Å². The highest BCUT2D eigenvalue weighted by atomic mass is 15.0. The molecule has 0 atom stereocenters. The quantitative estimate of drug-likeness (QED) is 0.502. The minimum Gasteiger partial charge on any atom is -0.196 e. The molecule has 2 heteroatoms. The molecule has 0 saturated heterocycles. The lowest BCUT2D eigenvalue weighted by molar-refractivity contribution is -0.587. The van der Waals surface area contributed by atoms with Crippen molar-refractivity contribution >= 4 is 0 Å². The second-order valence-electron chi connectivity index (χ2n) is 5.59. The van der Waals surface area contributed by atoms with E-state index in [-0.39, 0.29) is 0 Å². The van der Waals surface area contributed by atoms with Gasteiger partial charge in [0.15, 0.2) is 0 Å². The molecule has 2 heterocycles. The molecule has 0 aliphatic heterocycles. The summed E-state index contributed by atoms with van der Waals surface area (Å²) < 4.78 is 2.13. The Morgan fingerprint density at radius 1 is 0.583 bits per heavy atom. The van der Waals surface area contributed by atoms with Crippen LogP contribution < -0.4 is 4.57 Å². The fourth-order valence-corrected chi connectivity index (χ4v) is 2.84. The van der Waals surface area contributed by atoms with Crippen LogP contribution in [0.4, 0.5) is 0 Å². The molecule has 0 fully saturated rings. The molecule has 2 aromatic heterocycles. The van der Waals surface area contributed by atoms with Crippen LogP contribution in [-0.4, -0.2) is 4.98 Å². The summed E-state index contributed by atoms with van der Waals surface area (Å²) in [5, 5.41) is 0. The second kappa shape index (κ2) is 6.47. The van der Waals surface area contributed by atoms with E-state index in [1.807, 2.05) is 36.5 Å². The summed E-state index contributed by atoms with van der Waals surface area (Å²) in [6.07, 6.45) is 3.91. The summed E-state index contributed by atoms with van der Waals surface area (Å²) in [5.41, 5.74) is 4.70. The van der Waals surface area contributed by atoms with Gasteiger partial charge in [-0.05, 0) is 34.3 Å². The maximum atomic E-state index is 4.50. The van der Waals surface area contributed by atoms with Gasteiger partial charge in [0.2, 0.25) is 0 Å². The van der Waals surface area contributed by atoms with Crippen molar-refractivity contribution in [3.8, 4) is 28.2 Å². The highest BCUT2D eigenvalue weighted by molar-refractivity contribution is 5.68. The van der Waals surface area contributed by atoms with Crippen molar-refractivity contribution in [2.45, 2.75) is 0 Å². The van der Waals surface area contributed by atoms with E-state index >= 15 is 0 Å². The van der Waals surface area contributed by atoms with E-state index in [1.54, 1.807) is 0 Å². The molecule has 2 nitrogen and oxygen atoms in total. The number of pyridine rings is 2. The monoisotopic (exact) mass is 309 g/mol. The third kappa shape index (κ3) is 2.82. The smallest absolute Gasteiger partial charge is 0.196 e. The molecule has 0 amide bonds. The molecule has 2 aromatic carbocycles. The van der Waals surface area contributed by atoms with E-state index in [1.165, 1.54) is 16.7 Å². The van der Waals surface area contributed by atoms with E-state index in [0.717, 1.165) is 11.5 Å². The molecule has 4 aromatic rings. The Morgan fingerprint density at radius 3 is 1.92 bits per heavy atom. The van der Waals surface area contributed by atoms with Crippen molar-refractivity contribution in [1.82, 2.24) is 4.98 Å². The predicted octanol–water partition coefficient (Wildman–Crippen LogP) is 4.69. The molecule has 0 aliphatic rings. The molecule has 0 bridgehead atoms. The first-order valence-corrected chi connectivity index (χ1v) is 8.00. The van der Waals surface area contributed by atoms with Crippen molar-refractivity contribution < 1.29 is 4.57 Å². The molecule has 0 unspecified atom stereocenters. The Balaban J connectivity index is 1.92. The van der Waals surface area contributed by atoms with Crippen LogP contribution in [0.25, 0.3) is 28.2 Å². The van der Waals surface area contributed by atoms with Gasteiger partial charge in [0, 0.05) is 11.6 Å². The fraction of sp³-hybridized carbons (Fsp3) is 0. The van der Waals surface area contributed by atoms with Crippen molar-refractivity contribution in [3.05, 3.63) is 103 Å². The summed E-state index contributed by atoms with van der Waals surface area (Å²) in [6, 6.07) is 31.2. The second-order valence-corrected chi connectivity index (χ2v) is 5.59. The van der Waals surface area contributed by atoms with Gasteiger partial charge < -0.3 is 0 Å². The first kappa shape index (κ1) is 14.3. The molecule has 0 N–H and O–H groups in total. The van der Waals surface area contributed by atoms with E-state index in [4.69, 9.17) is 0 Å². The minimum absolute atomic E-state index is 0.913. The fourth-order valence-electron chi connectivity index (χ4n) is 2.84. The van der Waals surface area contributed by atoms with Crippen LogP contribution in [-0.2, 0) is 0 Å². The van der Waals surface area contributed by atoms with Gasteiger partial charge in [-0.15, -0.1) is 0 Å². The van der Waals surface area contributed by atoms with Crippen molar-refractivity contribution in [1.29, 1.82) is 0 Å². The van der Waals surface area contributed by atoms with Gasteiger partial charge in [-0.2, -0.15) is 4.57 Å². The Kier molecular flexibility index (Phi) is 3.86. The number of hydrogen-bond donors (Lipinski definition) is 0. The van der Waals surface area contributed by atoms with Crippen LogP contribution in [0.1, 0.15) is 0 Å². The largest absolute Gasteiger partial charge is 0.327 e. The van der Waals surface area contributed by atoms with Crippen molar-refractivity contribution in [2.75, 3.05) is 0 Å². The molecule has 0 aliphatic carbocycles. The zero-order valence-electron chi connectivity index (χ0n) is 13.2. The van der Waals surface area contributed by atoms with Crippen LogP contribution in [0.3, 0.4) is 0 Å². The summed E-state index contributed by atoms with van der Waals surface area (Å²) >= 11 is 0. The van der Waals surface area contributed by atoms with Crippen LogP contribution in [0.2, 0.25) is 0 Å². The molecule has 4 rings (SSSR count). The normalized spacial score (nSPS) is 10.5. The summed E-state index contributed by atoms with van der Waals surface area (Å²) in [6.45, 7) is 0. The molecular weight excluding hydrogens is 292 g/mol. The van der Waals surface area contributed by atoms with E-state index in [9.17, 15) is 0 Å². The lowest BCUT2D eigenvalue weighted by atomic mass is 10.0. The molecule has 0 saturated carbocycles. The van der Waals surface area contributed by atoms with Gasteiger partial charge in [0.1, 0.15) is 11.9 Å². The van der Waals surface area contributed by atoms with Gasteiger partial charge in [0.05, 0.1) is 6.20 Å². The maximum Gasteiger partial charge on any atom is 0.327 e. The standard InChI is InChI=1S/C22H17N2/c1-3-9-18(10-4-1)20-14-16-24(22-13-7-8-15-23-22)21(17-20)19-11-5-2-6-12-19/h1-17H/q+1. The highest BCUT2D eigenvalue weighted by Gasteiger charge is 2.15. The topological polar surface area (TPSA) is 16.8 Å². The van der Waals surface area contributed by atoms with E-state index in [2.05, 4.69) is 76.4 Å². The lowest BCUT2D eigenvalue weighted by Gasteiger charge is -2.09. The van der Waals surface area contributed by atoms with Crippen LogP contribution in [0, 0.1) is 0 Å². The zero-order chi connectivity index (χ0) is 16.2. The number of nitrogens with zero attached hydrogens (tertiary/aromatic N) is 2. The third-order valence-corrected chi connectivity index (χ3v) is 4.03. The van der Waals surface area contributed by atoms with Crippen LogP contribution in [0.15, 0.2) is 103 Å². The SMILES string of the molecule is c1ccc(-c2cc[n+](-c3ccccn3)c(-c3ccccc3)c2)cc1. The molecule has 0 spiro atoms. The first-order valence-electron chi connectivity index (χ1n) is 8.00. The average Bonchev–Trinajstić information content (AvgIpc) is 2.69. The van der Waals surface area contributed by atoms with Crippen LogP contribution >= 0.6 is 0 Å². The summed E-state index contributed by atoms with van der Waals surface area (Å²) in [4.78, 5) is 4.50. The summed E-state index contributed by atoms with van der Waals surface area (Å²) in [7, 11) is 0. The first-order chi connectivity index (χ1) is 11.9. The molecular formula is C22H17N2+. The minimum atomic E-state index is 0.913. The van der Waals surface area contributed by atoms with E-state index in [0.29, 0.717) is 0 Å². The van der Waals surface area contributed by atoms with Crippen molar-refractivity contribution in [3.63, 3.8) is 0 Å². The van der Waals surface area contributed by atoms with E-state index < -0.39 is 0 Å². The zero-order valence-corrected chi connectivity index (χ0v) is 13.2. The summed E-state index contributed by atoms with van der Waals surface area (Å²) in [5.74, 6) is 0.913. The molecule has 114 valence electrons. The van der Waals surface area contributed by atoms with Gasteiger partial charge >= 0.3 is 5.82 Å². The van der Waals surface area contributed by atoms with Gasteiger partial charge in [-0.3, -0.25) is 0 Å². The number of hydrogen-bond acceptors (Lipinski definition) is 1. The Bertz CT molecular complexity index is 933. The lowest BCUT2D eigenvalue weighted by Crippen LogP contribution is -2.34. The molecule has 24 heavy (non-hydrogen) atoms.